The predicted molar refractivity (Wildman–Crippen MR) is 54.6 cm³/mol. The maximum atomic E-state index is 11.0. The Bertz CT molecular complexity index is 386. The van der Waals surface area contributed by atoms with E-state index in [1.165, 1.54) is 12.8 Å². The minimum atomic E-state index is -0.492. The molecule has 1 amide bonds. The van der Waals surface area contributed by atoms with Gasteiger partial charge in [-0.2, -0.15) is 0 Å². The molecule has 2 N–H and O–H groups in total. The number of nitrogens with zero attached hydrogens (tertiary/aromatic N) is 2. The standard InChI is InChI=1S/C9H14N4O2/c1-13-7-3-4-10-5-6(7)11-8(13)12-9(14)15-2/h10H,3-5H2,1-2H3,(H,11,12,14). The Hall–Kier alpha value is -1.56. The predicted octanol–water partition coefficient (Wildman–Crippen LogP) is 0.244. The van der Waals surface area contributed by atoms with E-state index in [9.17, 15) is 4.79 Å². The van der Waals surface area contributed by atoms with Crippen molar-refractivity contribution in [3.8, 4) is 0 Å². The Morgan fingerprint density at radius 2 is 2.47 bits per heavy atom. The average Bonchev–Trinajstić information content (AvgIpc) is 2.57. The normalized spacial score (nSPS) is 14.5. The Morgan fingerprint density at radius 1 is 1.67 bits per heavy atom. The minimum Gasteiger partial charge on any atom is -0.453 e. The quantitative estimate of drug-likeness (QED) is 0.697. The molecule has 82 valence electrons. The number of hydrogen-bond acceptors (Lipinski definition) is 4. The fourth-order valence-electron chi connectivity index (χ4n) is 1.71. The van der Waals surface area contributed by atoms with Crippen molar-refractivity contribution in [2.24, 2.45) is 7.05 Å². The van der Waals surface area contributed by atoms with Gasteiger partial charge in [-0.25, -0.2) is 9.78 Å². The van der Waals surface area contributed by atoms with Crippen LogP contribution in [0.5, 0.6) is 0 Å². The van der Waals surface area contributed by atoms with Crippen molar-refractivity contribution in [3.63, 3.8) is 0 Å². The monoisotopic (exact) mass is 210 g/mol. The zero-order valence-electron chi connectivity index (χ0n) is 8.83. The molecule has 6 heteroatoms. The molecular formula is C9H14N4O2. The topological polar surface area (TPSA) is 68.2 Å². The third kappa shape index (κ3) is 1.80. The molecule has 15 heavy (non-hydrogen) atoms. The molecule has 0 aliphatic carbocycles. The highest BCUT2D eigenvalue weighted by Crippen LogP contribution is 2.17. The van der Waals surface area contributed by atoms with E-state index >= 15 is 0 Å². The number of hydrogen-bond donors (Lipinski definition) is 2. The third-order valence-corrected chi connectivity index (χ3v) is 2.53. The van der Waals surface area contributed by atoms with Gasteiger partial charge in [0, 0.05) is 32.3 Å². The van der Waals surface area contributed by atoms with Crippen LogP contribution in [-0.4, -0.2) is 29.3 Å². The van der Waals surface area contributed by atoms with E-state index in [1.807, 2.05) is 11.6 Å². The molecule has 0 spiro atoms. The molecule has 0 saturated heterocycles. The van der Waals surface area contributed by atoms with Gasteiger partial charge in [0.1, 0.15) is 0 Å². The third-order valence-electron chi connectivity index (χ3n) is 2.53. The van der Waals surface area contributed by atoms with Crippen LogP contribution < -0.4 is 10.6 Å². The molecular weight excluding hydrogens is 196 g/mol. The molecule has 0 bridgehead atoms. The summed E-state index contributed by atoms with van der Waals surface area (Å²) >= 11 is 0. The fourth-order valence-corrected chi connectivity index (χ4v) is 1.71. The van der Waals surface area contributed by atoms with E-state index in [4.69, 9.17) is 0 Å². The van der Waals surface area contributed by atoms with Gasteiger partial charge in [-0.15, -0.1) is 0 Å². The summed E-state index contributed by atoms with van der Waals surface area (Å²) in [6.07, 6.45) is 0.440. The summed E-state index contributed by atoms with van der Waals surface area (Å²) in [6.45, 7) is 1.70. The number of fused-ring (bicyclic) bond motifs is 1. The molecule has 6 nitrogen and oxygen atoms in total. The van der Waals surface area contributed by atoms with E-state index in [1.54, 1.807) is 0 Å². The number of anilines is 1. The van der Waals surface area contributed by atoms with Crippen LogP contribution in [0.15, 0.2) is 0 Å². The first-order valence-electron chi connectivity index (χ1n) is 4.82. The summed E-state index contributed by atoms with van der Waals surface area (Å²) in [4.78, 5) is 15.4. The van der Waals surface area contributed by atoms with Gasteiger partial charge in [0.15, 0.2) is 0 Å². The molecule has 1 aromatic rings. The van der Waals surface area contributed by atoms with Crippen LogP contribution in [0.1, 0.15) is 11.4 Å². The average molecular weight is 210 g/mol. The van der Waals surface area contributed by atoms with E-state index in [2.05, 4.69) is 20.4 Å². The number of nitrogens with one attached hydrogen (secondary N) is 2. The van der Waals surface area contributed by atoms with Crippen LogP contribution in [-0.2, 0) is 24.8 Å². The number of rotatable bonds is 1. The van der Waals surface area contributed by atoms with Gasteiger partial charge in [-0.1, -0.05) is 0 Å². The second-order valence-corrected chi connectivity index (χ2v) is 3.43. The molecule has 0 unspecified atom stereocenters. The van der Waals surface area contributed by atoms with Crippen molar-refractivity contribution in [2.45, 2.75) is 13.0 Å². The number of imidazole rings is 1. The number of carbonyl (C=O) groups excluding carboxylic acids is 1. The smallest absolute Gasteiger partial charge is 0.413 e. The van der Waals surface area contributed by atoms with Gasteiger partial charge in [-0.3, -0.25) is 5.32 Å². The molecule has 0 aromatic carbocycles. The van der Waals surface area contributed by atoms with Crippen molar-refractivity contribution < 1.29 is 9.53 Å². The zero-order chi connectivity index (χ0) is 10.8. The Labute approximate surface area is 87.6 Å². The molecule has 1 aromatic heterocycles. The minimum absolute atomic E-state index is 0.492. The molecule has 1 aliphatic heterocycles. The van der Waals surface area contributed by atoms with Crippen LogP contribution >= 0.6 is 0 Å². The molecule has 1 aliphatic rings. The van der Waals surface area contributed by atoms with Gasteiger partial charge in [0.05, 0.1) is 12.8 Å². The lowest BCUT2D eigenvalue weighted by molar-refractivity contribution is 0.186. The molecule has 0 radical (unpaired) electrons. The summed E-state index contributed by atoms with van der Waals surface area (Å²) in [5.74, 6) is 0.538. The van der Waals surface area contributed by atoms with E-state index < -0.39 is 6.09 Å². The molecule has 0 atom stereocenters. The first-order valence-corrected chi connectivity index (χ1v) is 4.82. The molecule has 0 saturated carbocycles. The maximum Gasteiger partial charge on any atom is 0.413 e. The molecule has 0 fully saturated rings. The second-order valence-electron chi connectivity index (χ2n) is 3.43. The fraction of sp³-hybridized carbons (Fsp3) is 0.556. The lowest BCUT2D eigenvalue weighted by Crippen LogP contribution is -2.24. The Kier molecular flexibility index (Phi) is 2.59. The Balaban J connectivity index is 2.25. The van der Waals surface area contributed by atoms with Crippen LogP contribution in [0.25, 0.3) is 0 Å². The number of carbonyl (C=O) groups is 1. The second kappa shape index (κ2) is 3.90. The zero-order valence-corrected chi connectivity index (χ0v) is 8.83. The first kappa shape index (κ1) is 9.97. The van der Waals surface area contributed by atoms with Crippen LogP contribution in [0.4, 0.5) is 10.7 Å². The van der Waals surface area contributed by atoms with Gasteiger partial charge in [-0.05, 0) is 0 Å². The number of methoxy groups -OCH3 is 1. The first-order chi connectivity index (χ1) is 7.22. The van der Waals surface area contributed by atoms with Crippen molar-refractivity contribution >= 4 is 12.0 Å². The highest BCUT2D eigenvalue weighted by Gasteiger charge is 2.18. The summed E-state index contributed by atoms with van der Waals surface area (Å²) in [7, 11) is 3.22. The molecule has 2 rings (SSSR count). The lowest BCUT2D eigenvalue weighted by atomic mass is 10.2. The van der Waals surface area contributed by atoms with Gasteiger partial charge in [0.25, 0.3) is 0 Å². The summed E-state index contributed by atoms with van der Waals surface area (Å²) in [5, 5.41) is 5.81. The SMILES string of the molecule is COC(=O)Nc1nc2c(n1C)CCNC2. The summed E-state index contributed by atoms with van der Waals surface area (Å²) in [6, 6.07) is 0. The van der Waals surface area contributed by atoms with E-state index in [0.29, 0.717) is 5.95 Å². The number of amides is 1. The molecule has 2 heterocycles. The lowest BCUT2D eigenvalue weighted by Gasteiger charge is -2.12. The highest BCUT2D eigenvalue weighted by molar-refractivity contribution is 5.82. The summed E-state index contributed by atoms with van der Waals surface area (Å²) < 4.78 is 6.42. The van der Waals surface area contributed by atoms with Crippen LogP contribution in [0.2, 0.25) is 0 Å². The van der Waals surface area contributed by atoms with Crippen molar-refractivity contribution in [1.29, 1.82) is 0 Å². The van der Waals surface area contributed by atoms with Gasteiger partial charge < -0.3 is 14.6 Å². The van der Waals surface area contributed by atoms with Crippen LogP contribution in [0, 0.1) is 0 Å². The highest BCUT2D eigenvalue weighted by atomic mass is 16.5. The Morgan fingerprint density at radius 3 is 3.13 bits per heavy atom. The maximum absolute atomic E-state index is 11.0. The number of aromatic nitrogens is 2. The van der Waals surface area contributed by atoms with Gasteiger partial charge >= 0.3 is 6.09 Å². The largest absolute Gasteiger partial charge is 0.453 e. The van der Waals surface area contributed by atoms with Crippen molar-refractivity contribution in [1.82, 2.24) is 14.9 Å². The van der Waals surface area contributed by atoms with E-state index in [-0.39, 0.29) is 0 Å². The van der Waals surface area contributed by atoms with Gasteiger partial charge in [0.2, 0.25) is 5.95 Å². The van der Waals surface area contributed by atoms with E-state index in [0.717, 1.165) is 25.2 Å². The summed E-state index contributed by atoms with van der Waals surface area (Å²) in [5.41, 5.74) is 2.16. The van der Waals surface area contributed by atoms with Crippen molar-refractivity contribution in [3.05, 3.63) is 11.4 Å². The van der Waals surface area contributed by atoms with Crippen molar-refractivity contribution in [2.75, 3.05) is 19.0 Å². The number of ether oxygens (including phenoxy) is 1. The van der Waals surface area contributed by atoms with Crippen LogP contribution in [0.3, 0.4) is 0 Å².